The number of benzene rings is 1. The molecule has 124 valence electrons. The first-order valence-electron chi connectivity index (χ1n) is 7.83. The van der Waals surface area contributed by atoms with E-state index >= 15 is 0 Å². The SMILES string of the molecule is Cc1ccccc1Cc1nnn(Cc2nc(-c3ccccn3)no2)n1. The average molecular weight is 333 g/mol. The zero-order valence-corrected chi connectivity index (χ0v) is 13.6. The first-order valence-corrected chi connectivity index (χ1v) is 7.83. The number of aryl methyl sites for hydroxylation is 1. The van der Waals surface area contributed by atoms with Crippen LogP contribution in [-0.2, 0) is 13.0 Å². The summed E-state index contributed by atoms with van der Waals surface area (Å²) >= 11 is 0. The maximum Gasteiger partial charge on any atom is 0.250 e. The predicted molar refractivity (Wildman–Crippen MR) is 88.4 cm³/mol. The summed E-state index contributed by atoms with van der Waals surface area (Å²) in [7, 11) is 0. The molecule has 0 saturated heterocycles. The van der Waals surface area contributed by atoms with Crippen molar-refractivity contribution in [3.05, 3.63) is 71.5 Å². The summed E-state index contributed by atoms with van der Waals surface area (Å²) in [5.74, 6) is 1.50. The summed E-state index contributed by atoms with van der Waals surface area (Å²) in [6.45, 7) is 2.33. The van der Waals surface area contributed by atoms with Gasteiger partial charge in [0.15, 0.2) is 5.82 Å². The van der Waals surface area contributed by atoms with Crippen LogP contribution in [0, 0.1) is 6.92 Å². The molecule has 0 aliphatic carbocycles. The van der Waals surface area contributed by atoms with Crippen molar-refractivity contribution in [1.29, 1.82) is 0 Å². The van der Waals surface area contributed by atoms with Crippen LogP contribution >= 0.6 is 0 Å². The van der Waals surface area contributed by atoms with Crippen molar-refractivity contribution in [1.82, 2.24) is 35.3 Å². The van der Waals surface area contributed by atoms with Gasteiger partial charge in [0.25, 0.3) is 5.89 Å². The van der Waals surface area contributed by atoms with Crippen LogP contribution in [-0.4, -0.2) is 35.3 Å². The molecule has 0 aliphatic heterocycles. The minimum absolute atomic E-state index is 0.264. The topological polar surface area (TPSA) is 95.4 Å². The van der Waals surface area contributed by atoms with Crippen molar-refractivity contribution in [2.75, 3.05) is 0 Å². The van der Waals surface area contributed by atoms with Gasteiger partial charge in [-0.25, -0.2) is 0 Å². The van der Waals surface area contributed by atoms with Crippen molar-refractivity contribution in [2.24, 2.45) is 0 Å². The number of nitrogens with zero attached hydrogens (tertiary/aromatic N) is 7. The Balaban J connectivity index is 1.47. The minimum atomic E-state index is 0.264. The number of rotatable bonds is 5. The summed E-state index contributed by atoms with van der Waals surface area (Å²) < 4.78 is 5.24. The lowest BCUT2D eigenvalue weighted by atomic mass is 10.1. The van der Waals surface area contributed by atoms with Crippen molar-refractivity contribution in [3.63, 3.8) is 0 Å². The molecular weight excluding hydrogens is 318 g/mol. The molecule has 4 aromatic rings. The van der Waals surface area contributed by atoms with Crippen LogP contribution < -0.4 is 0 Å². The third-order valence-corrected chi connectivity index (χ3v) is 3.74. The average Bonchev–Trinajstić information content (AvgIpc) is 3.28. The quantitative estimate of drug-likeness (QED) is 0.551. The molecule has 8 nitrogen and oxygen atoms in total. The minimum Gasteiger partial charge on any atom is -0.337 e. The monoisotopic (exact) mass is 333 g/mol. The maximum atomic E-state index is 5.24. The Morgan fingerprint density at radius 2 is 1.96 bits per heavy atom. The third kappa shape index (κ3) is 3.42. The van der Waals surface area contributed by atoms with Gasteiger partial charge in [-0.15, -0.1) is 10.2 Å². The van der Waals surface area contributed by atoms with E-state index < -0.39 is 0 Å². The van der Waals surface area contributed by atoms with E-state index in [1.807, 2.05) is 30.3 Å². The van der Waals surface area contributed by atoms with Crippen LogP contribution in [0.1, 0.15) is 22.8 Å². The Morgan fingerprint density at radius 1 is 1.08 bits per heavy atom. The van der Waals surface area contributed by atoms with Crippen molar-refractivity contribution in [2.45, 2.75) is 19.9 Å². The number of pyridine rings is 1. The van der Waals surface area contributed by atoms with Crippen LogP contribution in [0.3, 0.4) is 0 Å². The first-order chi connectivity index (χ1) is 12.3. The van der Waals surface area contributed by atoms with E-state index in [1.165, 1.54) is 15.9 Å². The van der Waals surface area contributed by atoms with E-state index in [2.05, 4.69) is 49.6 Å². The molecule has 0 atom stereocenters. The summed E-state index contributed by atoms with van der Waals surface area (Å²) in [6, 6.07) is 13.7. The fourth-order valence-corrected chi connectivity index (χ4v) is 2.43. The molecule has 0 aliphatic rings. The molecular formula is C17H15N7O. The van der Waals surface area contributed by atoms with Gasteiger partial charge in [0.1, 0.15) is 12.2 Å². The number of hydrogen-bond donors (Lipinski definition) is 0. The van der Waals surface area contributed by atoms with E-state index in [4.69, 9.17) is 4.52 Å². The Labute approximate surface area is 143 Å². The van der Waals surface area contributed by atoms with Gasteiger partial charge < -0.3 is 4.52 Å². The van der Waals surface area contributed by atoms with Gasteiger partial charge in [-0.05, 0) is 35.4 Å². The van der Waals surface area contributed by atoms with Gasteiger partial charge in [-0.2, -0.15) is 9.78 Å². The smallest absolute Gasteiger partial charge is 0.250 e. The Hall–Kier alpha value is -3.42. The maximum absolute atomic E-state index is 5.24. The summed E-state index contributed by atoms with van der Waals surface area (Å²) in [5.41, 5.74) is 3.04. The standard InChI is InChI=1S/C17H15N7O/c1-12-6-2-3-7-13(12)10-15-20-23-24(21-15)11-16-19-17(22-25-16)14-8-4-5-9-18-14/h2-9H,10-11H2,1H3. The predicted octanol–water partition coefficient (Wildman–Crippen LogP) is 2.07. The molecule has 0 bridgehead atoms. The van der Waals surface area contributed by atoms with Gasteiger partial charge in [0, 0.05) is 12.6 Å². The zero-order valence-electron chi connectivity index (χ0n) is 13.6. The highest BCUT2D eigenvalue weighted by Crippen LogP contribution is 2.13. The first kappa shape index (κ1) is 15.1. The highest BCUT2D eigenvalue weighted by Gasteiger charge is 2.12. The molecule has 3 aromatic heterocycles. The van der Waals surface area contributed by atoms with E-state index in [0.717, 1.165) is 0 Å². The van der Waals surface area contributed by atoms with Gasteiger partial charge >= 0.3 is 0 Å². The van der Waals surface area contributed by atoms with Gasteiger partial charge in [0.2, 0.25) is 5.82 Å². The Morgan fingerprint density at radius 3 is 2.80 bits per heavy atom. The fraction of sp³-hybridized carbons (Fsp3) is 0.176. The molecule has 8 heteroatoms. The van der Waals surface area contributed by atoms with Crippen molar-refractivity contribution in [3.8, 4) is 11.5 Å². The molecule has 25 heavy (non-hydrogen) atoms. The van der Waals surface area contributed by atoms with E-state index in [9.17, 15) is 0 Å². The summed E-state index contributed by atoms with van der Waals surface area (Å²) in [4.78, 5) is 9.96. The van der Waals surface area contributed by atoms with Crippen LogP contribution in [0.2, 0.25) is 0 Å². The van der Waals surface area contributed by atoms with Gasteiger partial charge in [-0.1, -0.05) is 35.5 Å². The molecule has 0 fully saturated rings. The zero-order chi connectivity index (χ0) is 17.1. The lowest BCUT2D eigenvalue weighted by Gasteiger charge is -2.00. The highest BCUT2D eigenvalue weighted by molar-refractivity contribution is 5.46. The second-order valence-corrected chi connectivity index (χ2v) is 5.57. The summed E-state index contributed by atoms with van der Waals surface area (Å²) in [5, 5.41) is 16.5. The second-order valence-electron chi connectivity index (χ2n) is 5.57. The highest BCUT2D eigenvalue weighted by atomic mass is 16.5. The summed E-state index contributed by atoms with van der Waals surface area (Å²) in [6.07, 6.45) is 2.32. The van der Waals surface area contributed by atoms with E-state index in [1.54, 1.807) is 6.20 Å². The van der Waals surface area contributed by atoms with Crippen molar-refractivity contribution < 1.29 is 4.52 Å². The molecule has 0 saturated carbocycles. The van der Waals surface area contributed by atoms with Crippen LogP contribution in [0.5, 0.6) is 0 Å². The second kappa shape index (κ2) is 6.60. The normalized spacial score (nSPS) is 10.9. The fourth-order valence-electron chi connectivity index (χ4n) is 2.43. The van der Waals surface area contributed by atoms with Crippen molar-refractivity contribution >= 4 is 0 Å². The largest absolute Gasteiger partial charge is 0.337 e. The molecule has 0 radical (unpaired) electrons. The van der Waals surface area contributed by atoms with E-state index in [-0.39, 0.29) is 6.54 Å². The number of aromatic nitrogens is 7. The van der Waals surface area contributed by atoms with Gasteiger partial charge in [-0.3, -0.25) is 4.98 Å². The van der Waals surface area contributed by atoms with Crippen LogP contribution in [0.15, 0.2) is 53.2 Å². The number of hydrogen-bond acceptors (Lipinski definition) is 7. The molecule has 3 heterocycles. The van der Waals surface area contributed by atoms with Crippen LogP contribution in [0.4, 0.5) is 0 Å². The lowest BCUT2D eigenvalue weighted by molar-refractivity contribution is 0.356. The third-order valence-electron chi connectivity index (χ3n) is 3.74. The molecule has 0 spiro atoms. The lowest BCUT2D eigenvalue weighted by Crippen LogP contribution is -2.05. The van der Waals surface area contributed by atoms with Crippen LogP contribution in [0.25, 0.3) is 11.5 Å². The Kier molecular flexibility index (Phi) is 3.99. The Bertz CT molecular complexity index is 977. The molecule has 0 unspecified atom stereocenters. The molecule has 0 amide bonds. The molecule has 1 aromatic carbocycles. The number of tetrazole rings is 1. The van der Waals surface area contributed by atoms with E-state index in [0.29, 0.717) is 29.7 Å². The molecule has 0 N–H and O–H groups in total. The van der Waals surface area contributed by atoms with Gasteiger partial charge in [0.05, 0.1) is 0 Å². The molecule has 4 rings (SSSR count).